The van der Waals surface area contributed by atoms with Gasteiger partial charge in [0, 0.05) is 19.6 Å². The van der Waals surface area contributed by atoms with Gasteiger partial charge >= 0.3 is 0 Å². The Labute approximate surface area is 158 Å². The largest absolute Gasteiger partial charge is 0.461 e. The van der Waals surface area contributed by atoms with Crippen LogP contribution in [0.2, 0.25) is 0 Å². The van der Waals surface area contributed by atoms with Crippen LogP contribution in [0.1, 0.15) is 39.0 Å². The number of carbonyl (C=O) groups is 1. The van der Waals surface area contributed by atoms with Crippen LogP contribution in [0.25, 0.3) is 11.6 Å². The maximum Gasteiger partial charge on any atom is 0.233 e. The summed E-state index contributed by atoms with van der Waals surface area (Å²) in [5, 5.41) is 9.30. The van der Waals surface area contributed by atoms with Gasteiger partial charge in [-0.05, 0) is 43.7 Å². The van der Waals surface area contributed by atoms with Gasteiger partial charge in [0.15, 0.2) is 16.7 Å². The molecule has 6 nitrogen and oxygen atoms in total. The van der Waals surface area contributed by atoms with E-state index >= 15 is 0 Å². The number of nitrogens with zero attached hydrogens (tertiary/aromatic N) is 4. The van der Waals surface area contributed by atoms with Gasteiger partial charge in [-0.25, -0.2) is 0 Å². The maximum absolute atomic E-state index is 12.7. The normalized spacial score (nSPS) is 23.0. The Balaban J connectivity index is 1.37. The summed E-state index contributed by atoms with van der Waals surface area (Å²) in [4.78, 5) is 14.8. The highest BCUT2D eigenvalue weighted by molar-refractivity contribution is 7.99. The smallest absolute Gasteiger partial charge is 0.233 e. The van der Waals surface area contributed by atoms with Crippen LogP contribution in [0.4, 0.5) is 0 Å². The van der Waals surface area contributed by atoms with E-state index in [4.69, 9.17) is 4.42 Å². The van der Waals surface area contributed by atoms with Crippen molar-refractivity contribution in [3.63, 3.8) is 0 Å². The van der Waals surface area contributed by atoms with Crippen molar-refractivity contribution in [1.29, 1.82) is 0 Å². The van der Waals surface area contributed by atoms with Crippen LogP contribution in [-0.4, -0.2) is 44.4 Å². The Morgan fingerprint density at radius 3 is 2.88 bits per heavy atom. The van der Waals surface area contributed by atoms with Gasteiger partial charge in [0.2, 0.25) is 5.91 Å². The third kappa shape index (κ3) is 3.54. The fourth-order valence-corrected chi connectivity index (χ4v) is 5.22. The summed E-state index contributed by atoms with van der Waals surface area (Å²) in [6.07, 6.45) is 8.15. The lowest BCUT2D eigenvalue weighted by Crippen LogP contribution is -2.45. The zero-order valence-electron chi connectivity index (χ0n) is 15.3. The predicted octanol–water partition coefficient (Wildman–Crippen LogP) is 3.69. The highest BCUT2D eigenvalue weighted by Crippen LogP contribution is 2.36. The SMILES string of the molecule is CCn1c(SCC(=O)N2CC[C@@H]3CCCC[C@H]3C2)nnc1-c1ccco1. The second kappa shape index (κ2) is 7.86. The first-order chi connectivity index (χ1) is 12.8. The number of thioether (sulfide) groups is 1. The first-order valence-electron chi connectivity index (χ1n) is 9.64. The van der Waals surface area contributed by atoms with Crippen LogP contribution in [0, 0.1) is 11.8 Å². The summed E-state index contributed by atoms with van der Waals surface area (Å²) in [5.41, 5.74) is 0. The van der Waals surface area contributed by atoms with Crippen molar-refractivity contribution >= 4 is 17.7 Å². The number of rotatable bonds is 5. The second-order valence-electron chi connectivity index (χ2n) is 7.25. The summed E-state index contributed by atoms with van der Waals surface area (Å²) in [6, 6.07) is 3.72. The van der Waals surface area contributed by atoms with Crippen molar-refractivity contribution in [1.82, 2.24) is 19.7 Å². The molecule has 0 bridgehead atoms. The number of carbonyl (C=O) groups excluding carboxylic acids is 1. The molecule has 1 amide bonds. The molecule has 0 aromatic carbocycles. The lowest BCUT2D eigenvalue weighted by molar-refractivity contribution is -0.131. The molecule has 2 aromatic rings. The molecule has 2 aromatic heterocycles. The number of amides is 1. The van der Waals surface area contributed by atoms with Gasteiger partial charge in [-0.2, -0.15) is 0 Å². The molecule has 1 aliphatic carbocycles. The molecule has 1 aliphatic heterocycles. The molecule has 1 saturated carbocycles. The molecule has 26 heavy (non-hydrogen) atoms. The van der Waals surface area contributed by atoms with Crippen LogP contribution < -0.4 is 0 Å². The van der Waals surface area contributed by atoms with Crippen molar-refractivity contribution in [2.24, 2.45) is 11.8 Å². The van der Waals surface area contributed by atoms with Crippen LogP contribution in [0.15, 0.2) is 28.0 Å². The third-order valence-electron chi connectivity index (χ3n) is 5.74. The van der Waals surface area contributed by atoms with Crippen molar-refractivity contribution in [3.05, 3.63) is 18.4 Å². The van der Waals surface area contributed by atoms with Gasteiger partial charge in [0.05, 0.1) is 12.0 Å². The number of hydrogen-bond donors (Lipinski definition) is 0. The molecule has 2 fully saturated rings. The van der Waals surface area contributed by atoms with Gasteiger partial charge in [-0.15, -0.1) is 10.2 Å². The van der Waals surface area contributed by atoms with E-state index < -0.39 is 0 Å². The van der Waals surface area contributed by atoms with E-state index in [-0.39, 0.29) is 5.91 Å². The predicted molar refractivity (Wildman–Crippen MR) is 101 cm³/mol. The Bertz CT molecular complexity index is 743. The summed E-state index contributed by atoms with van der Waals surface area (Å²) in [5.74, 6) is 3.64. The van der Waals surface area contributed by atoms with Crippen LogP contribution >= 0.6 is 11.8 Å². The van der Waals surface area contributed by atoms with Crippen LogP contribution in [0.5, 0.6) is 0 Å². The summed E-state index contributed by atoms with van der Waals surface area (Å²) in [7, 11) is 0. The van der Waals surface area contributed by atoms with Gasteiger partial charge in [-0.3, -0.25) is 9.36 Å². The van der Waals surface area contributed by atoms with Crippen LogP contribution in [0.3, 0.4) is 0 Å². The molecular formula is C19H26N4O2S. The molecule has 0 spiro atoms. The second-order valence-corrected chi connectivity index (χ2v) is 8.19. The highest BCUT2D eigenvalue weighted by atomic mass is 32.2. The number of likely N-dealkylation sites (tertiary alicyclic amines) is 1. The Kier molecular flexibility index (Phi) is 5.33. The van der Waals surface area contributed by atoms with E-state index in [2.05, 4.69) is 22.0 Å². The van der Waals surface area contributed by atoms with Crippen molar-refractivity contribution in [2.45, 2.75) is 50.7 Å². The minimum absolute atomic E-state index is 0.226. The Morgan fingerprint density at radius 2 is 2.12 bits per heavy atom. The topological polar surface area (TPSA) is 64.2 Å². The highest BCUT2D eigenvalue weighted by Gasteiger charge is 2.32. The number of piperidine rings is 1. The zero-order chi connectivity index (χ0) is 17.9. The molecule has 0 radical (unpaired) electrons. The Hall–Kier alpha value is -1.76. The molecule has 0 unspecified atom stereocenters. The van der Waals surface area contributed by atoms with Gasteiger partial charge in [0.25, 0.3) is 0 Å². The molecule has 7 heteroatoms. The quantitative estimate of drug-likeness (QED) is 0.747. The van der Waals surface area contributed by atoms with E-state index in [0.29, 0.717) is 11.5 Å². The molecule has 140 valence electrons. The lowest BCUT2D eigenvalue weighted by Gasteiger charge is -2.41. The monoisotopic (exact) mass is 374 g/mol. The standard InChI is InChI=1S/C19H26N4O2S/c1-2-23-18(16-8-5-11-25-16)20-21-19(23)26-13-17(24)22-10-9-14-6-3-4-7-15(14)12-22/h5,8,11,14-15H,2-4,6-7,9-10,12-13H2,1H3/t14-,15-/m0/s1. The van der Waals surface area contributed by atoms with Crippen molar-refractivity contribution in [2.75, 3.05) is 18.8 Å². The average molecular weight is 375 g/mol. The van der Waals surface area contributed by atoms with E-state index in [1.807, 2.05) is 16.7 Å². The summed E-state index contributed by atoms with van der Waals surface area (Å²) < 4.78 is 7.44. The summed E-state index contributed by atoms with van der Waals surface area (Å²) in [6.45, 7) is 4.66. The van der Waals surface area contributed by atoms with Crippen LogP contribution in [-0.2, 0) is 11.3 Å². The molecule has 2 atom stereocenters. The minimum atomic E-state index is 0.226. The maximum atomic E-state index is 12.7. The molecule has 1 saturated heterocycles. The molecule has 4 rings (SSSR count). The number of hydrogen-bond acceptors (Lipinski definition) is 5. The lowest BCUT2D eigenvalue weighted by atomic mass is 9.75. The fourth-order valence-electron chi connectivity index (χ4n) is 4.31. The third-order valence-corrected chi connectivity index (χ3v) is 6.69. The number of fused-ring (bicyclic) bond motifs is 1. The van der Waals surface area contributed by atoms with Crippen molar-refractivity contribution in [3.8, 4) is 11.6 Å². The fraction of sp³-hybridized carbons (Fsp3) is 0.632. The van der Waals surface area contributed by atoms with E-state index in [9.17, 15) is 4.79 Å². The van der Waals surface area contributed by atoms with Crippen molar-refractivity contribution < 1.29 is 9.21 Å². The summed E-state index contributed by atoms with van der Waals surface area (Å²) >= 11 is 1.48. The molecule has 3 heterocycles. The van der Waals surface area contributed by atoms with Gasteiger partial charge < -0.3 is 9.32 Å². The van der Waals surface area contributed by atoms with E-state index in [1.165, 1.54) is 43.9 Å². The zero-order valence-corrected chi connectivity index (χ0v) is 16.1. The van der Waals surface area contributed by atoms with Gasteiger partial charge in [-0.1, -0.05) is 31.0 Å². The van der Waals surface area contributed by atoms with Gasteiger partial charge in [0.1, 0.15) is 0 Å². The number of furan rings is 1. The number of aromatic nitrogens is 3. The first-order valence-corrected chi connectivity index (χ1v) is 10.6. The average Bonchev–Trinajstić information content (AvgIpc) is 3.34. The molecular weight excluding hydrogens is 348 g/mol. The first kappa shape index (κ1) is 17.6. The molecule has 0 N–H and O–H groups in total. The van der Waals surface area contributed by atoms with E-state index in [1.54, 1.807) is 6.26 Å². The van der Waals surface area contributed by atoms with E-state index in [0.717, 1.165) is 42.5 Å². The molecule has 2 aliphatic rings. The Morgan fingerprint density at radius 1 is 1.27 bits per heavy atom. The minimum Gasteiger partial charge on any atom is -0.461 e.